The molecule has 1 rings (SSSR count). The summed E-state index contributed by atoms with van der Waals surface area (Å²) in [6, 6.07) is 4.71. The maximum absolute atomic E-state index is 10.3. The summed E-state index contributed by atoms with van der Waals surface area (Å²) in [5, 5.41) is 10.3. The van der Waals surface area contributed by atoms with Gasteiger partial charge in [0.25, 0.3) is 0 Å². The molecule has 0 bridgehead atoms. The first-order chi connectivity index (χ1) is 5.74. The molecular weight excluding hydrogens is 156 g/mol. The summed E-state index contributed by atoms with van der Waals surface area (Å²) in [6.07, 6.45) is 2.22. The van der Waals surface area contributed by atoms with Crippen molar-refractivity contribution in [2.75, 3.05) is 0 Å². The highest BCUT2D eigenvalue weighted by atomic mass is 16.6. The number of hydrogen-bond acceptors (Lipinski definition) is 3. The Kier molecular flexibility index (Phi) is 2.53. The molecule has 4 nitrogen and oxygen atoms in total. The number of pyridine rings is 1. The molecule has 0 amide bonds. The van der Waals surface area contributed by atoms with Crippen molar-refractivity contribution in [1.82, 2.24) is 4.98 Å². The SMILES string of the molecule is C=CCc1cccc([N+](=O)[O-])n1. The van der Waals surface area contributed by atoms with E-state index in [4.69, 9.17) is 0 Å². The van der Waals surface area contributed by atoms with Gasteiger partial charge in [-0.1, -0.05) is 6.08 Å². The van der Waals surface area contributed by atoms with E-state index in [1.165, 1.54) is 6.07 Å². The molecule has 0 saturated carbocycles. The van der Waals surface area contributed by atoms with E-state index in [0.29, 0.717) is 12.1 Å². The molecule has 0 unspecified atom stereocenters. The van der Waals surface area contributed by atoms with E-state index in [1.807, 2.05) is 0 Å². The van der Waals surface area contributed by atoms with Gasteiger partial charge in [0.05, 0.1) is 0 Å². The van der Waals surface area contributed by atoms with Gasteiger partial charge in [-0.25, -0.2) is 0 Å². The Morgan fingerprint density at radius 2 is 2.42 bits per heavy atom. The van der Waals surface area contributed by atoms with E-state index < -0.39 is 4.92 Å². The molecule has 1 aromatic rings. The van der Waals surface area contributed by atoms with E-state index in [0.717, 1.165) is 0 Å². The predicted molar refractivity (Wildman–Crippen MR) is 44.8 cm³/mol. The van der Waals surface area contributed by atoms with Crippen LogP contribution in [-0.2, 0) is 6.42 Å². The zero-order valence-electron chi connectivity index (χ0n) is 6.43. The van der Waals surface area contributed by atoms with Crippen LogP contribution in [0.1, 0.15) is 5.69 Å². The Labute approximate surface area is 69.7 Å². The van der Waals surface area contributed by atoms with Gasteiger partial charge in [-0.05, 0) is 22.0 Å². The smallest absolute Gasteiger partial charge is 0.358 e. The highest BCUT2D eigenvalue weighted by Crippen LogP contribution is 2.07. The van der Waals surface area contributed by atoms with Gasteiger partial charge in [-0.2, -0.15) is 0 Å². The molecule has 62 valence electrons. The van der Waals surface area contributed by atoms with Crippen LogP contribution in [0.5, 0.6) is 0 Å². The van der Waals surface area contributed by atoms with Gasteiger partial charge in [0.15, 0.2) is 5.69 Å². The van der Waals surface area contributed by atoms with Crippen LogP contribution >= 0.6 is 0 Å². The van der Waals surface area contributed by atoms with Crippen LogP contribution in [0.4, 0.5) is 5.82 Å². The Bertz CT molecular complexity index is 310. The molecule has 1 aromatic heterocycles. The van der Waals surface area contributed by atoms with E-state index in [2.05, 4.69) is 11.6 Å². The summed E-state index contributed by atoms with van der Waals surface area (Å²) in [4.78, 5) is 13.6. The molecule has 0 fully saturated rings. The zero-order chi connectivity index (χ0) is 8.97. The van der Waals surface area contributed by atoms with Crippen LogP contribution in [0.2, 0.25) is 0 Å². The van der Waals surface area contributed by atoms with Crippen LogP contribution < -0.4 is 0 Å². The van der Waals surface area contributed by atoms with Crippen LogP contribution in [0.3, 0.4) is 0 Å². The fraction of sp³-hybridized carbons (Fsp3) is 0.125. The average Bonchev–Trinajstić information content (AvgIpc) is 2.05. The van der Waals surface area contributed by atoms with Crippen molar-refractivity contribution in [3.05, 3.63) is 46.7 Å². The minimum absolute atomic E-state index is 0.116. The van der Waals surface area contributed by atoms with Crippen LogP contribution in [0.25, 0.3) is 0 Å². The molecule has 0 spiro atoms. The minimum Gasteiger partial charge on any atom is -0.358 e. The summed E-state index contributed by atoms with van der Waals surface area (Å²) >= 11 is 0. The third-order valence-electron chi connectivity index (χ3n) is 1.33. The van der Waals surface area contributed by atoms with Gasteiger partial charge in [0.2, 0.25) is 0 Å². The van der Waals surface area contributed by atoms with Gasteiger partial charge >= 0.3 is 5.82 Å². The number of allylic oxidation sites excluding steroid dienone is 1. The van der Waals surface area contributed by atoms with Gasteiger partial charge in [-0.3, -0.25) is 0 Å². The van der Waals surface area contributed by atoms with Crippen molar-refractivity contribution in [2.45, 2.75) is 6.42 Å². The summed E-state index contributed by atoms with van der Waals surface area (Å²) in [5.74, 6) is -0.116. The molecule has 0 atom stereocenters. The monoisotopic (exact) mass is 164 g/mol. The maximum Gasteiger partial charge on any atom is 0.363 e. The second kappa shape index (κ2) is 3.61. The molecule has 0 aliphatic carbocycles. The molecule has 0 aromatic carbocycles. The van der Waals surface area contributed by atoms with Crippen molar-refractivity contribution in [1.29, 1.82) is 0 Å². The first-order valence-corrected chi connectivity index (χ1v) is 3.45. The Balaban J connectivity index is 2.95. The molecule has 0 radical (unpaired) electrons. The molecule has 0 aliphatic rings. The molecule has 4 heteroatoms. The molecular formula is C8H8N2O2. The minimum atomic E-state index is -0.507. The van der Waals surface area contributed by atoms with Gasteiger partial charge in [-0.15, -0.1) is 6.58 Å². The van der Waals surface area contributed by atoms with Crippen LogP contribution in [-0.4, -0.2) is 9.91 Å². The lowest BCUT2D eigenvalue weighted by Gasteiger charge is -1.92. The number of rotatable bonds is 3. The summed E-state index contributed by atoms with van der Waals surface area (Å²) in [7, 11) is 0. The van der Waals surface area contributed by atoms with Crippen molar-refractivity contribution < 1.29 is 4.92 Å². The van der Waals surface area contributed by atoms with Gasteiger partial charge in [0, 0.05) is 12.5 Å². The Hall–Kier alpha value is -1.71. The Morgan fingerprint density at radius 1 is 1.67 bits per heavy atom. The molecule has 0 aliphatic heterocycles. The second-order valence-electron chi connectivity index (χ2n) is 2.24. The third kappa shape index (κ3) is 1.88. The largest absolute Gasteiger partial charge is 0.363 e. The highest BCUT2D eigenvalue weighted by Gasteiger charge is 2.06. The normalized spacial score (nSPS) is 9.33. The fourth-order valence-electron chi connectivity index (χ4n) is 0.830. The van der Waals surface area contributed by atoms with E-state index in [1.54, 1.807) is 18.2 Å². The number of hydrogen-bond donors (Lipinski definition) is 0. The predicted octanol–water partition coefficient (Wildman–Crippen LogP) is 1.72. The third-order valence-corrected chi connectivity index (χ3v) is 1.33. The fourth-order valence-corrected chi connectivity index (χ4v) is 0.830. The number of nitro groups is 1. The van der Waals surface area contributed by atoms with E-state index in [9.17, 15) is 10.1 Å². The van der Waals surface area contributed by atoms with Crippen LogP contribution in [0, 0.1) is 10.1 Å². The standard InChI is InChI=1S/C8H8N2O2/c1-2-4-7-5-3-6-8(9-7)10(11)12/h2-3,5-6H,1,4H2. The lowest BCUT2D eigenvalue weighted by Crippen LogP contribution is -1.94. The van der Waals surface area contributed by atoms with E-state index >= 15 is 0 Å². The van der Waals surface area contributed by atoms with Crippen molar-refractivity contribution in [3.8, 4) is 0 Å². The zero-order valence-corrected chi connectivity index (χ0v) is 6.43. The van der Waals surface area contributed by atoms with Gasteiger partial charge < -0.3 is 10.1 Å². The number of nitrogens with zero attached hydrogens (tertiary/aromatic N) is 2. The molecule has 0 saturated heterocycles. The topological polar surface area (TPSA) is 56.0 Å². The molecule has 12 heavy (non-hydrogen) atoms. The number of aromatic nitrogens is 1. The maximum atomic E-state index is 10.3. The highest BCUT2D eigenvalue weighted by molar-refractivity contribution is 5.22. The van der Waals surface area contributed by atoms with E-state index in [-0.39, 0.29) is 5.82 Å². The lowest BCUT2D eigenvalue weighted by atomic mass is 10.3. The second-order valence-corrected chi connectivity index (χ2v) is 2.24. The summed E-state index contributed by atoms with van der Waals surface area (Å²) < 4.78 is 0. The first-order valence-electron chi connectivity index (χ1n) is 3.45. The van der Waals surface area contributed by atoms with Gasteiger partial charge in [0.1, 0.15) is 0 Å². The van der Waals surface area contributed by atoms with Crippen molar-refractivity contribution >= 4 is 5.82 Å². The summed E-state index contributed by atoms with van der Waals surface area (Å²) in [6.45, 7) is 3.52. The lowest BCUT2D eigenvalue weighted by molar-refractivity contribution is -0.389. The molecule has 0 N–H and O–H groups in total. The Morgan fingerprint density at radius 3 is 3.00 bits per heavy atom. The first kappa shape index (κ1) is 8.39. The van der Waals surface area contributed by atoms with Crippen LogP contribution in [0.15, 0.2) is 30.9 Å². The quantitative estimate of drug-likeness (QED) is 0.388. The van der Waals surface area contributed by atoms with Crippen molar-refractivity contribution in [3.63, 3.8) is 0 Å². The summed E-state index contributed by atoms with van der Waals surface area (Å²) in [5.41, 5.74) is 0.666. The average molecular weight is 164 g/mol. The molecule has 1 heterocycles. The van der Waals surface area contributed by atoms with Crippen molar-refractivity contribution in [2.24, 2.45) is 0 Å².